The number of carbonyl (C=O) groups is 2. The van der Waals surface area contributed by atoms with Gasteiger partial charge in [-0.2, -0.15) is 0 Å². The number of fused-ring (bicyclic) bond motifs is 1. The molecule has 0 bridgehead atoms. The number of benzene rings is 2. The molecule has 0 unspecified atom stereocenters. The molecule has 6 nitrogen and oxygen atoms in total. The molecule has 0 saturated carbocycles. The third-order valence-corrected chi connectivity index (χ3v) is 3.38. The maximum atomic E-state index is 12.0. The highest BCUT2D eigenvalue weighted by molar-refractivity contribution is 6.00. The Bertz CT molecular complexity index is 908. The highest BCUT2D eigenvalue weighted by Crippen LogP contribution is 2.19. The minimum atomic E-state index is -1.10. The number of para-hydroxylation sites is 1. The molecular weight excluding hydrogens is 308 g/mol. The second-order valence-corrected chi connectivity index (χ2v) is 5.05. The number of nitrogens with zero attached hydrogens (tertiary/aromatic N) is 1. The lowest BCUT2D eigenvalue weighted by Gasteiger charge is -2.10. The summed E-state index contributed by atoms with van der Waals surface area (Å²) >= 11 is 0. The summed E-state index contributed by atoms with van der Waals surface area (Å²) in [6.45, 7) is -0.230. The minimum Gasteiger partial charge on any atom is -0.484 e. The fourth-order valence-electron chi connectivity index (χ4n) is 2.25. The van der Waals surface area contributed by atoms with Gasteiger partial charge in [-0.15, -0.1) is 0 Å². The third-order valence-electron chi connectivity index (χ3n) is 3.38. The van der Waals surface area contributed by atoms with Gasteiger partial charge in [0, 0.05) is 17.6 Å². The van der Waals surface area contributed by atoms with Gasteiger partial charge in [0.15, 0.2) is 6.61 Å². The quantitative estimate of drug-likeness (QED) is 0.754. The van der Waals surface area contributed by atoms with Gasteiger partial charge in [0.1, 0.15) is 5.75 Å². The summed E-state index contributed by atoms with van der Waals surface area (Å²) in [4.78, 5) is 27.3. The predicted octanol–water partition coefficient (Wildman–Crippen LogP) is 2.95. The van der Waals surface area contributed by atoms with Gasteiger partial charge in [0.05, 0.1) is 16.8 Å². The minimum absolute atomic E-state index is 0.0285. The van der Waals surface area contributed by atoms with Crippen molar-refractivity contribution in [3.63, 3.8) is 0 Å². The van der Waals surface area contributed by atoms with Crippen LogP contribution in [0.2, 0.25) is 0 Å². The summed E-state index contributed by atoms with van der Waals surface area (Å²) in [6.07, 6.45) is 1.68. The molecule has 2 aromatic carbocycles. The molecule has 120 valence electrons. The fraction of sp³-hybridized carbons (Fsp3) is 0.0556. The van der Waals surface area contributed by atoms with Crippen molar-refractivity contribution < 1.29 is 19.4 Å². The monoisotopic (exact) mass is 322 g/mol. The van der Waals surface area contributed by atoms with Gasteiger partial charge in [0.25, 0.3) is 5.91 Å². The average molecular weight is 322 g/mol. The molecule has 0 aliphatic rings. The van der Waals surface area contributed by atoms with E-state index < -0.39 is 11.9 Å². The smallest absolute Gasteiger partial charge is 0.337 e. The molecule has 0 aliphatic heterocycles. The second kappa shape index (κ2) is 6.78. The summed E-state index contributed by atoms with van der Waals surface area (Å²) in [5, 5.41) is 12.6. The molecule has 0 aliphatic carbocycles. The summed E-state index contributed by atoms with van der Waals surface area (Å²) in [5.41, 5.74) is 1.03. The Balaban J connectivity index is 1.66. The number of nitrogens with one attached hydrogen (secondary N) is 1. The molecular formula is C18H14N2O4. The Morgan fingerprint density at radius 1 is 1.08 bits per heavy atom. The Labute approximate surface area is 137 Å². The first-order valence-corrected chi connectivity index (χ1v) is 7.23. The number of carbonyl (C=O) groups excluding carboxylic acids is 1. The van der Waals surface area contributed by atoms with Gasteiger partial charge in [-0.1, -0.05) is 18.2 Å². The van der Waals surface area contributed by atoms with E-state index in [2.05, 4.69) is 10.3 Å². The van der Waals surface area contributed by atoms with E-state index in [9.17, 15) is 9.59 Å². The number of pyridine rings is 1. The number of amides is 1. The first-order valence-electron chi connectivity index (χ1n) is 7.23. The van der Waals surface area contributed by atoms with E-state index in [4.69, 9.17) is 9.84 Å². The van der Waals surface area contributed by atoms with Crippen molar-refractivity contribution >= 4 is 28.5 Å². The van der Waals surface area contributed by atoms with Crippen LogP contribution in [0.25, 0.3) is 10.9 Å². The lowest BCUT2D eigenvalue weighted by molar-refractivity contribution is -0.118. The molecule has 0 saturated heterocycles. The van der Waals surface area contributed by atoms with Crippen LogP contribution in [0, 0.1) is 0 Å². The van der Waals surface area contributed by atoms with Crippen molar-refractivity contribution in [3.05, 3.63) is 66.4 Å². The second-order valence-electron chi connectivity index (χ2n) is 5.05. The number of rotatable bonds is 5. The van der Waals surface area contributed by atoms with Crippen molar-refractivity contribution in [2.75, 3.05) is 11.9 Å². The van der Waals surface area contributed by atoms with E-state index in [0.717, 1.165) is 10.9 Å². The van der Waals surface area contributed by atoms with Crippen LogP contribution >= 0.6 is 0 Å². The number of hydrogen-bond donors (Lipinski definition) is 2. The molecule has 1 aromatic heterocycles. The lowest BCUT2D eigenvalue weighted by atomic mass is 10.2. The number of anilines is 1. The Kier molecular flexibility index (Phi) is 4.38. The SMILES string of the molecule is O=C(COc1ccc2cccnc2c1)Nc1ccccc1C(=O)O. The van der Waals surface area contributed by atoms with E-state index in [1.54, 1.807) is 30.5 Å². The molecule has 1 heterocycles. The highest BCUT2D eigenvalue weighted by Gasteiger charge is 2.12. The van der Waals surface area contributed by atoms with Crippen LogP contribution in [0.4, 0.5) is 5.69 Å². The van der Waals surface area contributed by atoms with Gasteiger partial charge in [-0.3, -0.25) is 9.78 Å². The normalized spacial score (nSPS) is 10.3. The summed E-state index contributed by atoms with van der Waals surface area (Å²) in [6, 6.07) is 15.3. The largest absolute Gasteiger partial charge is 0.484 e. The third kappa shape index (κ3) is 3.49. The van der Waals surface area contributed by atoms with Crippen LogP contribution in [0.15, 0.2) is 60.8 Å². The molecule has 6 heteroatoms. The van der Waals surface area contributed by atoms with Gasteiger partial charge in [0.2, 0.25) is 0 Å². The van der Waals surface area contributed by atoms with E-state index in [1.165, 1.54) is 12.1 Å². The zero-order valence-electron chi connectivity index (χ0n) is 12.6. The number of hydrogen-bond acceptors (Lipinski definition) is 4. The number of ether oxygens (including phenoxy) is 1. The van der Waals surface area contributed by atoms with E-state index in [-0.39, 0.29) is 17.9 Å². The molecule has 0 radical (unpaired) electrons. The molecule has 0 spiro atoms. The zero-order chi connectivity index (χ0) is 16.9. The van der Waals surface area contributed by atoms with Crippen molar-refractivity contribution in [2.45, 2.75) is 0 Å². The first-order chi connectivity index (χ1) is 11.6. The van der Waals surface area contributed by atoms with Crippen molar-refractivity contribution in [2.24, 2.45) is 0 Å². The Morgan fingerprint density at radius 3 is 2.75 bits per heavy atom. The van der Waals surface area contributed by atoms with E-state index in [1.807, 2.05) is 18.2 Å². The number of aromatic carboxylic acids is 1. The standard InChI is InChI=1S/C18H14N2O4/c21-17(20-15-6-2-1-5-14(15)18(22)23)11-24-13-8-7-12-4-3-9-19-16(12)10-13/h1-10H,11H2,(H,20,21)(H,22,23). The Hall–Kier alpha value is -3.41. The topological polar surface area (TPSA) is 88.5 Å². The van der Waals surface area contributed by atoms with E-state index in [0.29, 0.717) is 5.75 Å². The van der Waals surface area contributed by atoms with Gasteiger partial charge < -0.3 is 15.2 Å². The fourth-order valence-corrected chi connectivity index (χ4v) is 2.25. The van der Waals surface area contributed by atoms with Crippen LogP contribution in [0.3, 0.4) is 0 Å². The van der Waals surface area contributed by atoms with Crippen LogP contribution in [0.1, 0.15) is 10.4 Å². The summed E-state index contributed by atoms with van der Waals surface area (Å²) in [7, 11) is 0. The van der Waals surface area contributed by atoms with Crippen LogP contribution in [-0.4, -0.2) is 28.6 Å². The highest BCUT2D eigenvalue weighted by atomic mass is 16.5. The molecule has 3 rings (SSSR count). The number of aromatic nitrogens is 1. The molecule has 3 aromatic rings. The molecule has 1 amide bonds. The Morgan fingerprint density at radius 2 is 1.92 bits per heavy atom. The van der Waals surface area contributed by atoms with Crippen LogP contribution in [0.5, 0.6) is 5.75 Å². The van der Waals surface area contributed by atoms with Crippen molar-refractivity contribution in [1.29, 1.82) is 0 Å². The maximum Gasteiger partial charge on any atom is 0.337 e. The predicted molar refractivity (Wildman–Crippen MR) is 89.3 cm³/mol. The zero-order valence-corrected chi connectivity index (χ0v) is 12.6. The lowest BCUT2D eigenvalue weighted by Crippen LogP contribution is -2.21. The van der Waals surface area contributed by atoms with Crippen molar-refractivity contribution in [3.8, 4) is 5.75 Å². The number of carboxylic acid groups (broad SMARTS) is 1. The average Bonchev–Trinajstić information content (AvgIpc) is 2.60. The molecule has 2 N–H and O–H groups in total. The van der Waals surface area contributed by atoms with Gasteiger partial charge in [-0.25, -0.2) is 4.79 Å². The summed E-state index contributed by atoms with van der Waals surface area (Å²) in [5.74, 6) is -1.03. The number of carboxylic acids is 1. The molecule has 0 atom stereocenters. The molecule has 0 fully saturated rings. The summed E-state index contributed by atoms with van der Waals surface area (Å²) < 4.78 is 5.45. The maximum absolute atomic E-state index is 12.0. The van der Waals surface area contributed by atoms with Gasteiger partial charge in [-0.05, 0) is 30.3 Å². The van der Waals surface area contributed by atoms with Crippen LogP contribution in [-0.2, 0) is 4.79 Å². The van der Waals surface area contributed by atoms with Crippen LogP contribution < -0.4 is 10.1 Å². The van der Waals surface area contributed by atoms with E-state index >= 15 is 0 Å². The molecule has 24 heavy (non-hydrogen) atoms. The van der Waals surface area contributed by atoms with Gasteiger partial charge >= 0.3 is 5.97 Å². The first kappa shape index (κ1) is 15.5. The van der Waals surface area contributed by atoms with Crippen molar-refractivity contribution in [1.82, 2.24) is 4.98 Å².